The number of rotatable bonds is 4. The van der Waals surface area contributed by atoms with Crippen LogP contribution in [0.5, 0.6) is 0 Å². The molecule has 2 saturated heterocycles. The molecule has 5 heteroatoms. The number of amides is 1. The molecule has 2 heterocycles. The van der Waals surface area contributed by atoms with Gasteiger partial charge in [0.25, 0.3) is 0 Å². The van der Waals surface area contributed by atoms with Crippen molar-refractivity contribution in [1.29, 1.82) is 0 Å². The molecule has 0 radical (unpaired) electrons. The standard InChI is InChI=1S/C16H23N3O2/c17-8-14-9-19(10-14)15-6-7-18(11-15)16(20)21-12-13-4-2-1-3-5-13/h1-5,14-15H,6-12,17H2/t15-/m1/s1. The van der Waals surface area contributed by atoms with Gasteiger partial charge in [-0.1, -0.05) is 30.3 Å². The maximum atomic E-state index is 12.1. The van der Waals surface area contributed by atoms with Crippen LogP contribution in [0.15, 0.2) is 30.3 Å². The van der Waals surface area contributed by atoms with Crippen molar-refractivity contribution in [2.75, 3.05) is 32.7 Å². The monoisotopic (exact) mass is 289 g/mol. The van der Waals surface area contributed by atoms with Crippen LogP contribution < -0.4 is 5.73 Å². The smallest absolute Gasteiger partial charge is 0.410 e. The minimum Gasteiger partial charge on any atom is -0.445 e. The molecule has 0 unspecified atom stereocenters. The zero-order valence-corrected chi connectivity index (χ0v) is 12.3. The second-order valence-corrected chi connectivity index (χ2v) is 5.98. The number of hydrogen-bond donors (Lipinski definition) is 1. The van der Waals surface area contributed by atoms with E-state index in [-0.39, 0.29) is 6.09 Å². The van der Waals surface area contributed by atoms with Crippen molar-refractivity contribution in [1.82, 2.24) is 9.80 Å². The molecule has 0 aromatic heterocycles. The van der Waals surface area contributed by atoms with Crippen LogP contribution in [-0.4, -0.2) is 54.7 Å². The van der Waals surface area contributed by atoms with Crippen molar-refractivity contribution < 1.29 is 9.53 Å². The number of hydrogen-bond acceptors (Lipinski definition) is 4. The van der Waals surface area contributed by atoms with E-state index in [9.17, 15) is 4.79 Å². The lowest BCUT2D eigenvalue weighted by Gasteiger charge is -2.42. The summed E-state index contributed by atoms with van der Waals surface area (Å²) in [5.41, 5.74) is 6.68. The number of benzene rings is 1. The van der Waals surface area contributed by atoms with Gasteiger partial charge in [0, 0.05) is 32.2 Å². The first kappa shape index (κ1) is 14.4. The van der Waals surface area contributed by atoms with Crippen LogP contribution in [0.25, 0.3) is 0 Å². The Hall–Kier alpha value is -1.59. The van der Waals surface area contributed by atoms with Gasteiger partial charge in [-0.2, -0.15) is 0 Å². The molecule has 1 amide bonds. The van der Waals surface area contributed by atoms with Gasteiger partial charge in [-0.05, 0) is 24.4 Å². The summed E-state index contributed by atoms with van der Waals surface area (Å²) in [6.07, 6.45) is 0.842. The first-order chi connectivity index (χ1) is 10.3. The van der Waals surface area contributed by atoms with Crippen LogP contribution in [0.4, 0.5) is 4.79 Å². The Balaban J connectivity index is 1.42. The van der Waals surface area contributed by atoms with E-state index in [0.29, 0.717) is 18.6 Å². The van der Waals surface area contributed by atoms with Crippen LogP contribution in [-0.2, 0) is 11.3 Å². The highest BCUT2D eigenvalue weighted by molar-refractivity contribution is 5.68. The maximum Gasteiger partial charge on any atom is 0.410 e. The second kappa shape index (κ2) is 6.45. The molecule has 21 heavy (non-hydrogen) atoms. The van der Waals surface area contributed by atoms with Gasteiger partial charge in [-0.15, -0.1) is 0 Å². The third kappa shape index (κ3) is 3.36. The molecule has 2 fully saturated rings. The molecule has 1 atom stereocenters. The van der Waals surface area contributed by atoms with Gasteiger partial charge in [0.15, 0.2) is 0 Å². The highest BCUT2D eigenvalue weighted by Crippen LogP contribution is 2.24. The van der Waals surface area contributed by atoms with E-state index in [4.69, 9.17) is 10.5 Å². The zero-order valence-electron chi connectivity index (χ0n) is 12.3. The Morgan fingerprint density at radius 2 is 2.00 bits per heavy atom. The molecule has 2 aliphatic heterocycles. The number of likely N-dealkylation sites (tertiary alicyclic amines) is 2. The van der Waals surface area contributed by atoms with Crippen molar-refractivity contribution in [3.05, 3.63) is 35.9 Å². The first-order valence-electron chi connectivity index (χ1n) is 7.66. The minimum atomic E-state index is -0.197. The van der Waals surface area contributed by atoms with Crippen molar-refractivity contribution in [3.8, 4) is 0 Å². The van der Waals surface area contributed by atoms with Crippen LogP contribution >= 0.6 is 0 Å². The number of carbonyl (C=O) groups excluding carboxylic acids is 1. The molecule has 0 spiro atoms. The Morgan fingerprint density at radius 1 is 1.24 bits per heavy atom. The molecule has 114 valence electrons. The normalized spacial score (nSPS) is 23.1. The number of ether oxygens (including phenoxy) is 1. The summed E-state index contributed by atoms with van der Waals surface area (Å²) >= 11 is 0. The quantitative estimate of drug-likeness (QED) is 0.907. The zero-order chi connectivity index (χ0) is 14.7. The van der Waals surface area contributed by atoms with E-state index in [1.54, 1.807) is 0 Å². The van der Waals surface area contributed by atoms with Crippen LogP contribution in [0.1, 0.15) is 12.0 Å². The van der Waals surface area contributed by atoms with Crippen molar-refractivity contribution in [3.63, 3.8) is 0 Å². The lowest BCUT2D eigenvalue weighted by atomic mass is 9.97. The van der Waals surface area contributed by atoms with Gasteiger partial charge in [0.1, 0.15) is 6.61 Å². The summed E-state index contributed by atoms with van der Waals surface area (Å²) in [7, 11) is 0. The first-order valence-corrected chi connectivity index (χ1v) is 7.66. The Labute approximate surface area is 125 Å². The molecule has 5 nitrogen and oxygen atoms in total. The summed E-state index contributed by atoms with van der Waals surface area (Å²) in [5, 5.41) is 0. The predicted octanol–water partition coefficient (Wildman–Crippen LogP) is 1.29. The molecule has 1 aromatic carbocycles. The molecular weight excluding hydrogens is 266 g/mol. The Morgan fingerprint density at radius 3 is 2.71 bits per heavy atom. The second-order valence-electron chi connectivity index (χ2n) is 5.98. The third-order valence-electron chi connectivity index (χ3n) is 4.46. The SMILES string of the molecule is NCC1CN([C@@H]2CCN(C(=O)OCc3ccccc3)C2)C1. The van der Waals surface area contributed by atoms with Crippen molar-refractivity contribution >= 4 is 6.09 Å². The fourth-order valence-electron chi connectivity index (χ4n) is 3.07. The maximum absolute atomic E-state index is 12.1. The largest absolute Gasteiger partial charge is 0.445 e. The molecule has 0 saturated carbocycles. The average Bonchev–Trinajstić information content (AvgIpc) is 2.94. The summed E-state index contributed by atoms with van der Waals surface area (Å²) in [6, 6.07) is 10.3. The minimum absolute atomic E-state index is 0.197. The summed E-state index contributed by atoms with van der Waals surface area (Å²) in [5.74, 6) is 0.643. The van der Waals surface area contributed by atoms with Gasteiger partial charge in [-0.25, -0.2) is 4.79 Å². The van der Waals surface area contributed by atoms with Gasteiger partial charge < -0.3 is 15.4 Å². The fourth-order valence-corrected chi connectivity index (χ4v) is 3.07. The number of nitrogens with zero attached hydrogens (tertiary/aromatic N) is 2. The van der Waals surface area contributed by atoms with Crippen LogP contribution in [0, 0.1) is 5.92 Å². The van der Waals surface area contributed by atoms with Crippen LogP contribution in [0.2, 0.25) is 0 Å². The molecule has 2 aliphatic rings. The van der Waals surface area contributed by atoms with Gasteiger partial charge >= 0.3 is 6.09 Å². The van der Waals surface area contributed by atoms with Crippen LogP contribution in [0.3, 0.4) is 0 Å². The van der Waals surface area contributed by atoms with E-state index in [1.807, 2.05) is 35.2 Å². The van der Waals surface area contributed by atoms with E-state index in [2.05, 4.69) is 4.90 Å². The molecule has 1 aromatic rings. The molecular formula is C16H23N3O2. The number of carbonyl (C=O) groups is 1. The highest BCUT2D eigenvalue weighted by Gasteiger charge is 2.36. The summed E-state index contributed by atoms with van der Waals surface area (Å²) < 4.78 is 5.38. The molecule has 0 bridgehead atoms. The third-order valence-corrected chi connectivity index (χ3v) is 4.46. The number of nitrogens with two attached hydrogens (primary N) is 1. The molecule has 3 rings (SSSR count). The average molecular weight is 289 g/mol. The van der Waals surface area contributed by atoms with E-state index in [1.165, 1.54) is 0 Å². The lowest BCUT2D eigenvalue weighted by molar-refractivity contribution is 0.0567. The van der Waals surface area contributed by atoms with Gasteiger partial charge in [0.05, 0.1) is 0 Å². The summed E-state index contributed by atoms with van der Waals surface area (Å²) in [6.45, 7) is 4.85. The summed E-state index contributed by atoms with van der Waals surface area (Å²) in [4.78, 5) is 16.3. The van der Waals surface area contributed by atoms with E-state index < -0.39 is 0 Å². The van der Waals surface area contributed by atoms with Gasteiger partial charge in [-0.3, -0.25) is 4.90 Å². The topological polar surface area (TPSA) is 58.8 Å². The van der Waals surface area contributed by atoms with Gasteiger partial charge in [0.2, 0.25) is 0 Å². The molecule has 0 aliphatic carbocycles. The van der Waals surface area contributed by atoms with E-state index in [0.717, 1.165) is 44.7 Å². The van der Waals surface area contributed by atoms with E-state index >= 15 is 0 Å². The highest BCUT2D eigenvalue weighted by atomic mass is 16.6. The fraction of sp³-hybridized carbons (Fsp3) is 0.562. The predicted molar refractivity (Wildman–Crippen MR) is 80.7 cm³/mol. The molecule has 2 N–H and O–H groups in total. The van der Waals surface area contributed by atoms with Crippen molar-refractivity contribution in [2.24, 2.45) is 11.7 Å². The Bertz CT molecular complexity index is 474. The Kier molecular flexibility index (Phi) is 4.41. The van der Waals surface area contributed by atoms with Crippen molar-refractivity contribution in [2.45, 2.75) is 19.1 Å². The lowest BCUT2D eigenvalue weighted by Crippen LogP contribution is -2.55.